The number of nitrogens with zero attached hydrogens (tertiary/aromatic N) is 2. The molecule has 0 bridgehead atoms. The summed E-state index contributed by atoms with van der Waals surface area (Å²) >= 11 is 0. The van der Waals surface area contributed by atoms with Crippen LogP contribution >= 0.6 is 0 Å². The van der Waals surface area contributed by atoms with Gasteiger partial charge in [-0.3, -0.25) is 0 Å². The molecule has 100 valence electrons. The number of nitrogens with two attached hydrogens (primary N) is 1. The zero-order valence-electron chi connectivity index (χ0n) is 11.2. The molecule has 0 aliphatic heterocycles. The van der Waals surface area contributed by atoms with Crippen LogP contribution in [0.4, 0.5) is 11.4 Å². The molecule has 0 spiro atoms. The molecule has 0 saturated heterocycles. The predicted molar refractivity (Wildman–Crippen MR) is 74.3 cm³/mol. The van der Waals surface area contributed by atoms with Crippen molar-refractivity contribution in [2.75, 3.05) is 44.9 Å². The van der Waals surface area contributed by atoms with Gasteiger partial charge in [-0.15, -0.1) is 0 Å². The molecular formula is C13H21N3O2. The maximum Gasteiger partial charge on any atom is 0.337 e. The first-order chi connectivity index (χ1) is 8.43. The average Bonchev–Trinajstić information content (AvgIpc) is 2.28. The van der Waals surface area contributed by atoms with E-state index in [2.05, 4.69) is 4.90 Å². The Labute approximate surface area is 108 Å². The molecule has 3 N–H and O–H groups in total. The van der Waals surface area contributed by atoms with E-state index in [0.717, 1.165) is 25.2 Å². The van der Waals surface area contributed by atoms with E-state index in [1.165, 1.54) is 6.07 Å². The number of hydrogen-bond donors (Lipinski definition) is 2. The number of para-hydroxylation sites is 1. The standard InChI is InChI=1S/C13H21N3O2/c1-15(2)8-5-9-16(3)11-7-4-6-10(12(11)14)13(17)18/h4,6-7H,5,8-9,14H2,1-3H3,(H,17,18). The second-order valence-electron chi connectivity index (χ2n) is 4.62. The predicted octanol–water partition coefficient (Wildman–Crippen LogP) is 1.35. The summed E-state index contributed by atoms with van der Waals surface area (Å²) in [5.41, 5.74) is 7.15. The molecule has 0 saturated carbocycles. The Morgan fingerprint density at radius 3 is 2.50 bits per heavy atom. The zero-order chi connectivity index (χ0) is 13.7. The third-order valence-electron chi connectivity index (χ3n) is 2.82. The first kappa shape index (κ1) is 14.3. The van der Waals surface area contributed by atoms with Crippen molar-refractivity contribution in [2.45, 2.75) is 6.42 Å². The summed E-state index contributed by atoms with van der Waals surface area (Å²) in [7, 11) is 5.98. The van der Waals surface area contributed by atoms with Gasteiger partial charge in [0.15, 0.2) is 0 Å². The lowest BCUT2D eigenvalue weighted by molar-refractivity contribution is 0.0698. The highest BCUT2D eigenvalue weighted by Gasteiger charge is 2.13. The number of hydrogen-bond acceptors (Lipinski definition) is 4. The summed E-state index contributed by atoms with van der Waals surface area (Å²) in [5.74, 6) is -0.990. The van der Waals surface area contributed by atoms with Crippen molar-refractivity contribution in [1.29, 1.82) is 0 Å². The van der Waals surface area contributed by atoms with E-state index in [1.807, 2.05) is 32.1 Å². The Hall–Kier alpha value is -1.75. The van der Waals surface area contributed by atoms with Crippen LogP contribution in [0.2, 0.25) is 0 Å². The molecular weight excluding hydrogens is 230 g/mol. The van der Waals surface area contributed by atoms with Crippen molar-refractivity contribution in [3.8, 4) is 0 Å². The van der Waals surface area contributed by atoms with Gasteiger partial charge in [-0.1, -0.05) is 6.07 Å². The fourth-order valence-corrected chi connectivity index (χ4v) is 1.82. The third kappa shape index (κ3) is 3.63. The van der Waals surface area contributed by atoms with Crippen LogP contribution < -0.4 is 10.6 Å². The van der Waals surface area contributed by atoms with Gasteiger partial charge in [-0.05, 0) is 39.2 Å². The second kappa shape index (κ2) is 6.26. The molecule has 0 fully saturated rings. The van der Waals surface area contributed by atoms with Crippen molar-refractivity contribution >= 4 is 17.3 Å². The van der Waals surface area contributed by atoms with Gasteiger partial charge in [0.1, 0.15) is 0 Å². The summed E-state index contributed by atoms with van der Waals surface area (Å²) < 4.78 is 0. The molecule has 1 aromatic rings. The van der Waals surface area contributed by atoms with Crippen LogP contribution in [0, 0.1) is 0 Å². The molecule has 0 atom stereocenters. The van der Waals surface area contributed by atoms with Crippen LogP contribution in [0.25, 0.3) is 0 Å². The van der Waals surface area contributed by atoms with Crippen molar-refractivity contribution in [3.05, 3.63) is 23.8 Å². The van der Waals surface area contributed by atoms with Gasteiger partial charge in [-0.25, -0.2) is 4.79 Å². The van der Waals surface area contributed by atoms with E-state index >= 15 is 0 Å². The Morgan fingerprint density at radius 1 is 1.28 bits per heavy atom. The van der Waals surface area contributed by atoms with Crippen molar-refractivity contribution in [1.82, 2.24) is 4.90 Å². The van der Waals surface area contributed by atoms with E-state index in [0.29, 0.717) is 5.69 Å². The summed E-state index contributed by atoms with van der Waals surface area (Å²) in [6.45, 7) is 1.83. The number of rotatable bonds is 6. The minimum absolute atomic E-state index is 0.159. The summed E-state index contributed by atoms with van der Waals surface area (Å²) in [5, 5.41) is 9.02. The zero-order valence-corrected chi connectivity index (χ0v) is 11.2. The lowest BCUT2D eigenvalue weighted by Crippen LogP contribution is -2.24. The normalized spacial score (nSPS) is 10.7. The molecule has 5 heteroatoms. The lowest BCUT2D eigenvalue weighted by Gasteiger charge is -2.22. The van der Waals surface area contributed by atoms with Crippen LogP contribution in [-0.2, 0) is 0 Å². The maximum absolute atomic E-state index is 11.0. The summed E-state index contributed by atoms with van der Waals surface area (Å²) in [6, 6.07) is 5.09. The Kier molecular flexibility index (Phi) is 4.97. The molecule has 1 aromatic carbocycles. The van der Waals surface area contributed by atoms with Gasteiger partial charge < -0.3 is 20.6 Å². The second-order valence-corrected chi connectivity index (χ2v) is 4.62. The summed E-state index contributed by atoms with van der Waals surface area (Å²) in [6.07, 6.45) is 1.00. The molecule has 0 aliphatic carbocycles. The minimum atomic E-state index is -0.990. The fourth-order valence-electron chi connectivity index (χ4n) is 1.82. The van der Waals surface area contributed by atoms with Crippen LogP contribution in [-0.4, -0.2) is 50.2 Å². The fraction of sp³-hybridized carbons (Fsp3) is 0.462. The molecule has 0 heterocycles. The van der Waals surface area contributed by atoms with E-state index in [4.69, 9.17) is 10.8 Å². The molecule has 0 radical (unpaired) electrons. The molecule has 0 aliphatic rings. The van der Waals surface area contributed by atoms with Gasteiger partial charge in [0.05, 0.1) is 16.9 Å². The number of carbonyl (C=O) groups is 1. The van der Waals surface area contributed by atoms with Gasteiger partial charge in [0, 0.05) is 13.6 Å². The van der Waals surface area contributed by atoms with Crippen LogP contribution in [0.15, 0.2) is 18.2 Å². The first-order valence-electron chi connectivity index (χ1n) is 5.91. The van der Waals surface area contributed by atoms with E-state index in [-0.39, 0.29) is 5.56 Å². The number of carboxylic acids is 1. The van der Waals surface area contributed by atoms with E-state index in [9.17, 15) is 4.79 Å². The molecule has 0 aromatic heterocycles. The molecule has 18 heavy (non-hydrogen) atoms. The van der Waals surface area contributed by atoms with Crippen molar-refractivity contribution in [2.24, 2.45) is 0 Å². The van der Waals surface area contributed by atoms with Gasteiger partial charge in [0.2, 0.25) is 0 Å². The highest BCUT2D eigenvalue weighted by atomic mass is 16.4. The van der Waals surface area contributed by atoms with E-state index < -0.39 is 5.97 Å². The quantitative estimate of drug-likeness (QED) is 0.747. The molecule has 0 unspecified atom stereocenters. The SMILES string of the molecule is CN(C)CCCN(C)c1cccc(C(=O)O)c1N. The number of aromatic carboxylic acids is 1. The van der Waals surface area contributed by atoms with Gasteiger partial charge in [0.25, 0.3) is 0 Å². The topological polar surface area (TPSA) is 69.8 Å². The monoisotopic (exact) mass is 251 g/mol. The maximum atomic E-state index is 11.0. The van der Waals surface area contributed by atoms with Gasteiger partial charge >= 0.3 is 5.97 Å². The summed E-state index contributed by atoms with van der Waals surface area (Å²) in [4.78, 5) is 15.1. The molecule has 5 nitrogen and oxygen atoms in total. The Bertz CT molecular complexity index is 419. The largest absolute Gasteiger partial charge is 0.478 e. The van der Waals surface area contributed by atoms with Crippen molar-refractivity contribution < 1.29 is 9.90 Å². The number of nitrogen functional groups attached to an aromatic ring is 1. The first-order valence-corrected chi connectivity index (χ1v) is 5.91. The third-order valence-corrected chi connectivity index (χ3v) is 2.82. The van der Waals surface area contributed by atoms with Crippen LogP contribution in [0.1, 0.15) is 16.8 Å². The molecule has 1 rings (SSSR count). The Morgan fingerprint density at radius 2 is 1.94 bits per heavy atom. The minimum Gasteiger partial charge on any atom is -0.478 e. The highest BCUT2D eigenvalue weighted by Crippen LogP contribution is 2.25. The Balaban J connectivity index is 2.76. The van der Waals surface area contributed by atoms with Crippen LogP contribution in [0.3, 0.4) is 0 Å². The molecule has 0 amide bonds. The smallest absolute Gasteiger partial charge is 0.337 e. The average molecular weight is 251 g/mol. The number of anilines is 2. The highest BCUT2D eigenvalue weighted by molar-refractivity contribution is 5.97. The van der Waals surface area contributed by atoms with Crippen LogP contribution in [0.5, 0.6) is 0 Å². The van der Waals surface area contributed by atoms with Crippen molar-refractivity contribution in [3.63, 3.8) is 0 Å². The van der Waals surface area contributed by atoms with E-state index in [1.54, 1.807) is 6.07 Å². The number of benzene rings is 1. The number of carboxylic acid groups (broad SMARTS) is 1. The lowest BCUT2D eigenvalue weighted by atomic mass is 10.1. The van der Waals surface area contributed by atoms with Gasteiger partial charge in [-0.2, -0.15) is 0 Å².